The van der Waals surface area contributed by atoms with E-state index in [1.807, 2.05) is 38.1 Å². The van der Waals surface area contributed by atoms with Crippen molar-refractivity contribution in [2.75, 3.05) is 0 Å². The summed E-state index contributed by atoms with van der Waals surface area (Å²) in [5.41, 5.74) is 3.38. The SMILES string of the molecule is Cc1ccc(-n2c(SCc3cc(=O)n4cc(Cl)ccc4n3)nc3c(sc(=S)n3-c3cc(C)ccc3F)c2=O)cc1. The number of rotatable bonds is 5. The maximum absolute atomic E-state index is 15.0. The predicted molar refractivity (Wildman–Crippen MR) is 161 cm³/mol. The van der Waals surface area contributed by atoms with Crippen molar-refractivity contribution in [1.82, 2.24) is 23.5 Å². The smallest absolute Gasteiger partial charge is 0.272 e. The van der Waals surface area contributed by atoms with E-state index in [1.165, 1.54) is 43.6 Å². The second kappa shape index (κ2) is 10.4. The van der Waals surface area contributed by atoms with Gasteiger partial charge in [0.2, 0.25) is 0 Å². The molecule has 6 rings (SSSR count). The van der Waals surface area contributed by atoms with Crippen LogP contribution in [0.25, 0.3) is 27.4 Å². The first-order valence-corrected chi connectivity index (χ1v) is 14.6. The van der Waals surface area contributed by atoms with E-state index < -0.39 is 5.82 Å². The van der Waals surface area contributed by atoms with Crippen LogP contribution in [0.2, 0.25) is 5.02 Å². The number of aromatic nitrogens is 5. The highest BCUT2D eigenvalue weighted by Crippen LogP contribution is 2.30. The molecule has 0 fully saturated rings. The second-order valence-corrected chi connectivity index (χ2v) is 12.2. The third kappa shape index (κ3) is 4.79. The lowest BCUT2D eigenvalue weighted by Crippen LogP contribution is -2.22. The highest BCUT2D eigenvalue weighted by molar-refractivity contribution is 7.98. The third-order valence-electron chi connectivity index (χ3n) is 6.24. The zero-order chi connectivity index (χ0) is 28.1. The van der Waals surface area contributed by atoms with E-state index in [2.05, 4.69) is 4.98 Å². The Morgan fingerprint density at radius 2 is 1.73 bits per heavy atom. The molecule has 6 aromatic rings. The summed E-state index contributed by atoms with van der Waals surface area (Å²) in [6, 6.07) is 17.0. The Kier molecular flexibility index (Phi) is 6.91. The van der Waals surface area contributed by atoms with E-state index >= 15 is 0 Å². The number of fused-ring (bicyclic) bond motifs is 2. The van der Waals surface area contributed by atoms with Gasteiger partial charge in [0.15, 0.2) is 14.8 Å². The van der Waals surface area contributed by atoms with Gasteiger partial charge in [0.05, 0.1) is 22.1 Å². The van der Waals surface area contributed by atoms with Crippen molar-refractivity contribution < 1.29 is 4.39 Å². The lowest BCUT2D eigenvalue weighted by Gasteiger charge is -2.13. The molecule has 0 atom stereocenters. The molecule has 0 spiro atoms. The van der Waals surface area contributed by atoms with Crippen molar-refractivity contribution in [2.45, 2.75) is 24.8 Å². The second-order valence-electron chi connectivity index (χ2n) is 9.13. The quantitative estimate of drug-likeness (QED) is 0.124. The van der Waals surface area contributed by atoms with Gasteiger partial charge in [-0.15, -0.1) is 0 Å². The zero-order valence-electron chi connectivity index (χ0n) is 21.1. The number of pyridine rings is 1. The number of thiazole rings is 1. The average Bonchev–Trinajstić information content (AvgIpc) is 3.26. The first-order chi connectivity index (χ1) is 19.2. The van der Waals surface area contributed by atoms with Crippen LogP contribution in [0.15, 0.2) is 81.6 Å². The molecule has 12 heteroatoms. The van der Waals surface area contributed by atoms with E-state index in [4.69, 9.17) is 28.8 Å². The van der Waals surface area contributed by atoms with Gasteiger partial charge in [0, 0.05) is 18.0 Å². The van der Waals surface area contributed by atoms with Crippen LogP contribution in [-0.2, 0) is 5.75 Å². The van der Waals surface area contributed by atoms with Crippen LogP contribution < -0.4 is 11.1 Å². The molecule has 0 N–H and O–H groups in total. The Labute approximate surface area is 245 Å². The average molecular weight is 608 g/mol. The molecule has 7 nitrogen and oxygen atoms in total. The first kappa shape index (κ1) is 26.6. The van der Waals surface area contributed by atoms with Crippen molar-refractivity contribution >= 4 is 62.9 Å². The lowest BCUT2D eigenvalue weighted by atomic mass is 10.2. The van der Waals surface area contributed by atoms with E-state index in [9.17, 15) is 14.0 Å². The summed E-state index contributed by atoms with van der Waals surface area (Å²) in [4.78, 5) is 36.1. The Bertz CT molecular complexity index is 2130. The topological polar surface area (TPSA) is 74.2 Å². The van der Waals surface area contributed by atoms with Crippen LogP contribution in [0, 0.1) is 23.6 Å². The monoisotopic (exact) mass is 607 g/mol. The molecule has 0 saturated carbocycles. The molecule has 200 valence electrons. The van der Waals surface area contributed by atoms with Crippen LogP contribution >= 0.6 is 46.9 Å². The number of thioether (sulfide) groups is 1. The number of hydrogen-bond acceptors (Lipinski definition) is 7. The van der Waals surface area contributed by atoms with Gasteiger partial charge in [0.25, 0.3) is 11.1 Å². The molecule has 4 aromatic heterocycles. The summed E-state index contributed by atoms with van der Waals surface area (Å²) in [6.07, 6.45) is 1.51. The molecule has 0 aliphatic carbocycles. The summed E-state index contributed by atoms with van der Waals surface area (Å²) in [7, 11) is 0. The van der Waals surface area contributed by atoms with Gasteiger partial charge in [-0.25, -0.2) is 14.4 Å². The Morgan fingerprint density at radius 3 is 2.50 bits per heavy atom. The van der Waals surface area contributed by atoms with Gasteiger partial charge in [-0.1, -0.05) is 58.5 Å². The van der Waals surface area contributed by atoms with Crippen molar-refractivity contribution in [2.24, 2.45) is 0 Å². The van der Waals surface area contributed by atoms with Crippen molar-refractivity contribution in [1.29, 1.82) is 0 Å². The van der Waals surface area contributed by atoms with E-state index in [-0.39, 0.29) is 28.2 Å². The Hall–Kier alpha value is -3.64. The predicted octanol–water partition coefficient (Wildman–Crippen LogP) is 6.68. The van der Waals surface area contributed by atoms with Crippen LogP contribution in [0.1, 0.15) is 16.8 Å². The number of benzene rings is 2. The van der Waals surface area contributed by atoms with Crippen LogP contribution in [-0.4, -0.2) is 23.5 Å². The van der Waals surface area contributed by atoms with Crippen LogP contribution in [0.4, 0.5) is 4.39 Å². The van der Waals surface area contributed by atoms with Crippen molar-refractivity contribution in [3.63, 3.8) is 0 Å². The highest BCUT2D eigenvalue weighted by atomic mass is 35.5. The van der Waals surface area contributed by atoms with Gasteiger partial charge in [-0.3, -0.25) is 23.1 Å². The molecule has 0 aliphatic rings. The maximum atomic E-state index is 15.0. The fourth-order valence-electron chi connectivity index (χ4n) is 4.30. The summed E-state index contributed by atoms with van der Waals surface area (Å²) >= 11 is 14.0. The van der Waals surface area contributed by atoms with Crippen LogP contribution in [0.5, 0.6) is 0 Å². The van der Waals surface area contributed by atoms with Gasteiger partial charge in [-0.2, -0.15) is 0 Å². The fraction of sp³-hybridized carbons (Fsp3) is 0.107. The fourth-order valence-corrected chi connectivity index (χ4v) is 6.65. The third-order valence-corrected chi connectivity index (χ3v) is 8.78. The lowest BCUT2D eigenvalue weighted by molar-refractivity contribution is 0.618. The molecular weight excluding hydrogens is 589 g/mol. The summed E-state index contributed by atoms with van der Waals surface area (Å²) < 4.78 is 20.0. The molecule has 0 aliphatic heterocycles. The first-order valence-electron chi connectivity index (χ1n) is 12.0. The van der Waals surface area contributed by atoms with Crippen LogP contribution in [0.3, 0.4) is 0 Å². The van der Waals surface area contributed by atoms with E-state index in [0.717, 1.165) is 22.5 Å². The minimum absolute atomic E-state index is 0.232. The standard InChI is InChI=1S/C28H19ClFN5O2S3/c1-15-3-7-19(8-4-15)34-26(37)24-25(35(28(38)40-24)21-11-16(2)5-9-20(21)30)32-27(34)39-14-18-12-23(36)33-13-17(29)6-10-22(33)31-18/h3-13H,14H2,1-2H3. The molecule has 4 heterocycles. The molecule has 40 heavy (non-hydrogen) atoms. The number of hydrogen-bond donors (Lipinski definition) is 0. The number of halogens is 2. The van der Waals surface area contributed by atoms with Gasteiger partial charge < -0.3 is 0 Å². The van der Waals surface area contributed by atoms with Crippen molar-refractivity contribution in [3.05, 3.63) is 119 Å². The zero-order valence-corrected chi connectivity index (χ0v) is 24.3. The van der Waals surface area contributed by atoms with E-state index in [0.29, 0.717) is 35.9 Å². The molecule has 0 saturated heterocycles. The van der Waals surface area contributed by atoms with Gasteiger partial charge >= 0.3 is 0 Å². The maximum Gasteiger partial charge on any atom is 0.278 e. The molecule has 2 aromatic carbocycles. The minimum atomic E-state index is -0.471. The summed E-state index contributed by atoms with van der Waals surface area (Å²) in [6.45, 7) is 3.82. The minimum Gasteiger partial charge on any atom is -0.272 e. The van der Waals surface area contributed by atoms with Crippen molar-refractivity contribution in [3.8, 4) is 11.4 Å². The van der Waals surface area contributed by atoms with E-state index in [1.54, 1.807) is 24.3 Å². The van der Waals surface area contributed by atoms with Gasteiger partial charge in [-0.05, 0) is 68.0 Å². The number of aryl methyl sites for hydroxylation is 2. The number of nitrogens with zero attached hydrogens (tertiary/aromatic N) is 5. The summed E-state index contributed by atoms with van der Waals surface area (Å²) in [5, 5.41) is 0.780. The Balaban J connectivity index is 1.54. The molecule has 0 radical (unpaired) electrons. The molecule has 0 unspecified atom stereocenters. The largest absolute Gasteiger partial charge is 0.278 e. The summed E-state index contributed by atoms with van der Waals surface area (Å²) in [5.74, 6) is -0.219. The normalized spacial score (nSPS) is 11.5. The van der Waals surface area contributed by atoms with Gasteiger partial charge in [0.1, 0.15) is 16.2 Å². The Morgan fingerprint density at radius 1 is 0.975 bits per heavy atom. The highest BCUT2D eigenvalue weighted by Gasteiger charge is 2.21. The molecular formula is C28H19ClFN5O2S3. The molecule has 0 amide bonds. The molecule has 0 bridgehead atoms.